The first-order valence-electron chi connectivity index (χ1n) is 6.28. The number of amides is 1. The van der Waals surface area contributed by atoms with Crippen molar-refractivity contribution in [1.29, 1.82) is 0 Å². The number of ether oxygens (including phenoxy) is 1. The number of benzene rings is 1. The van der Waals surface area contributed by atoms with Crippen LogP contribution < -0.4 is 9.64 Å². The van der Waals surface area contributed by atoms with Gasteiger partial charge in [0.15, 0.2) is 5.12 Å². The van der Waals surface area contributed by atoms with Gasteiger partial charge in [-0.3, -0.25) is 9.59 Å². The maximum atomic E-state index is 12.2. The molecule has 0 N–H and O–H groups in total. The van der Waals surface area contributed by atoms with Gasteiger partial charge < -0.3 is 9.64 Å². The summed E-state index contributed by atoms with van der Waals surface area (Å²) in [6, 6.07) is 5.78. The highest BCUT2D eigenvalue weighted by Gasteiger charge is 2.32. The first-order chi connectivity index (χ1) is 9.51. The lowest BCUT2D eigenvalue weighted by Gasteiger charge is -2.20. The van der Waals surface area contributed by atoms with Gasteiger partial charge in [0, 0.05) is 29.2 Å². The highest BCUT2D eigenvalue weighted by molar-refractivity contribution is 14.1. The van der Waals surface area contributed by atoms with Crippen LogP contribution in [0.4, 0.5) is 5.69 Å². The molecule has 20 heavy (non-hydrogen) atoms. The third-order valence-corrected chi connectivity index (χ3v) is 4.87. The van der Waals surface area contributed by atoms with Crippen molar-refractivity contribution < 1.29 is 14.3 Å². The molecule has 1 atom stereocenters. The summed E-state index contributed by atoms with van der Waals surface area (Å²) >= 11 is 3.51. The lowest BCUT2D eigenvalue weighted by molar-refractivity contribution is -0.117. The summed E-state index contributed by atoms with van der Waals surface area (Å²) in [5, 5.41) is 0.0998. The molecule has 1 fully saturated rings. The fraction of sp³-hybridized carbons (Fsp3) is 0.429. The van der Waals surface area contributed by atoms with Gasteiger partial charge in [-0.25, -0.2) is 0 Å². The maximum Gasteiger partial charge on any atom is 0.227 e. The lowest BCUT2D eigenvalue weighted by Crippen LogP contribution is -2.25. The number of thioether (sulfide) groups is 1. The molecule has 0 aromatic heterocycles. The molecular formula is C14H16INO3S. The first-order valence-corrected chi connectivity index (χ1v) is 8.35. The summed E-state index contributed by atoms with van der Waals surface area (Å²) in [6.07, 6.45) is 0.495. The highest BCUT2D eigenvalue weighted by Crippen LogP contribution is 2.35. The predicted molar refractivity (Wildman–Crippen MR) is 89.3 cm³/mol. The molecule has 1 aromatic rings. The fourth-order valence-electron chi connectivity index (χ4n) is 2.24. The third-order valence-electron chi connectivity index (χ3n) is 3.16. The molecule has 1 aromatic carbocycles. The van der Waals surface area contributed by atoms with Crippen LogP contribution in [0.5, 0.6) is 5.75 Å². The number of carbonyl (C=O) groups excluding carboxylic acids is 2. The summed E-state index contributed by atoms with van der Waals surface area (Å²) in [7, 11) is 1.61. The summed E-state index contributed by atoms with van der Waals surface area (Å²) in [5.74, 6) is 1.72. The van der Waals surface area contributed by atoms with Crippen molar-refractivity contribution in [2.24, 2.45) is 5.92 Å². The molecular weight excluding hydrogens is 389 g/mol. The van der Waals surface area contributed by atoms with E-state index in [1.807, 2.05) is 18.2 Å². The van der Waals surface area contributed by atoms with E-state index >= 15 is 0 Å². The Morgan fingerprint density at radius 2 is 2.30 bits per heavy atom. The zero-order valence-corrected chi connectivity index (χ0v) is 14.4. The topological polar surface area (TPSA) is 46.6 Å². The zero-order chi connectivity index (χ0) is 14.7. The lowest BCUT2D eigenvalue weighted by atomic mass is 10.1. The third kappa shape index (κ3) is 3.66. The fourth-order valence-corrected chi connectivity index (χ4v) is 3.40. The standard InChI is InChI=1S/C14H16INO3S/c1-9(17)20-8-10-5-14(18)16(7-10)12-6-11(15)3-4-13(12)19-2/h3-4,6,10H,5,7-8H2,1-2H3. The minimum atomic E-state index is 0.0967. The minimum Gasteiger partial charge on any atom is -0.495 e. The van der Waals surface area contributed by atoms with Crippen LogP contribution in [0.1, 0.15) is 13.3 Å². The molecule has 1 unspecified atom stereocenters. The SMILES string of the molecule is COc1ccc(I)cc1N1CC(CSC(C)=O)CC1=O. The van der Waals surface area contributed by atoms with E-state index in [9.17, 15) is 9.59 Å². The Hall–Kier alpha value is -0.760. The number of methoxy groups -OCH3 is 1. The van der Waals surface area contributed by atoms with Crippen LogP contribution in [0.15, 0.2) is 18.2 Å². The molecule has 1 aliphatic heterocycles. The van der Waals surface area contributed by atoms with Gasteiger partial charge in [0.1, 0.15) is 5.75 Å². The second-order valence-electron chi connectivity index (χ2n) is 4.69. The Kier molecular flexibility index (Phi) is 5.31. The highest BCUT2D eigenvalue weighted by atomic mass is 127. The van der Waals surface area contributed by atoms with Crippen molar-refractivity contribution in [3.8, 4) is 5.75 Å². The zero-order valence-electron chi connectivity index (χ0n) is 11.4. The van der Waals surface area contributed by atoms with Gasteiger partial charge in [0.2, 0.25) is 5.91 Å². The number of anilines is 1. The molecule has 1 amide bonds. The average Bonchev–Trinajstić information content (AvgIpc) is 2.77. The summed E-state index contributed by atoms with van der Waals surface area (Å²) in [6.45, 7) is 2.21. The van der Waals surface area contributed by atoms with Crippen LogP contribution in [0, 0.1) is 9.49 Å². The Morgan fingerprint density at radius 1 is 1.55 bits per heavy atom. The van der Waals surface area contributed by atoms with Gasteiger partial charge in [-0.1, -0.05) is 11.8 Å². The van der Waals surface area contributed by atoms with Crippen LogP contribution in [0.3, 0.4) is 0 Å². The van der Waals surface area contributed by atoms with Crippen molar-refractivity contribution >= 4 is 51.1 Å². The van der Waals surface area contributed by atoms with E-state index in [0.717, 1.165) is 9.26 Å². The second kappa shape index (κ2) is 6.80. The van der Waals surface area contributed by atoms with Crippen LogP contribution in [0.2, 0.25) is 0 Å². The van der Waals surface area contributed by atoms with Crippen molar-refractivity contribution in [2.45, 2.75) is 13.3 Å². The maximum absolute atomic E-state index is 12.2. The Morgan fingerprint density at radius 3 is 2.95 bits per heavy atom. The average molecular weight is 405 g/mol. The van der Waals surface area contributed by atoms with E-state index in [1.165, 1.54) is 11.8 Å². The van der Waals surface area contributed by atoms with Gasteiger partial charge in [0.25, 0.3) is 0 Å². The smallest absolute Gasteiger partial charge is 0.227 e. The van der Waals surface area contributed by atoms with Gasteiger partial charge in [-0.05, 0) is 46.7 Å². The molecule has 108 valence electrons. The second-order valence-corrected chi connectivity index (χ2v) is 7.14. The molecule has 4 nitrogen and oxygen atoms in total. The minimum absolute atomic E-state index is 0.0967. The molecule has 0 bridgehead atoms. The molecule has 0 aliphatic carbocycles. The molecule has 0 saturated carbocycles. The van der Waals surface area contributed by atoms with Crippen molar-refractivity contribution in [3.05, 3.63) is 21.8 Å². The summed E-state index contributed by atoms with van der Waals surface area (Å²) in [4.78, 5) is 25.0. The van der Waals surface area contributed by atoms with Gasteiger partial charge in [-0.15, -0.1) is 0 Å². The van der Waals surface area contributed by atoms with E-state index in [1.54, 1.807) is 18.9 Å². The molecule has 0 radical (unpaired) electrons. The number of hydrogen-bond donors (Lipinski definition) is 0. The van der Waals surface area contributed by atoms with Crippen LogP contribution >= 0.6 is 34.4 Å². The van der Waals surface area contributed by atoms with Crippen LogP contribution in [-0.4, -0.2) is 30.4 Å². The van der Waals surface area contributed by atoms with Crippen molar-refractivity contribution in [2.75, 3.05) is 24.3 Å². The summed E-state index contributed by atoms with van der Waals surface area (Å²) < 4.78 is 6.40. The number of carbonyl (C=O) groups is 2. The Balaban J connectivity index is 2.15. The predicted octanol–water partition coefficient (Wildman–Crippen LogP) is 2.93. The molecule has 1 heterocycles. The van der Waals surface area contributed by atoms with Gasteiger partial charge >= 0.3 is 0 Å². The molecule has 1 aliphatic rings. The van der Waals surface area contributed by atoms with Crippen LogP contribution in [-0.2, 0) is 9.59 Å². The normalized spacial score (nSPS) is 18.4. The van der Waals surface area contributed by atoms with E-state index in [4.69, 9.17) is 4.74 Å². The monoisotopic (exact) mass is 405 g/mol. The molecule has 6 heteroatoms. The summed E-state index contributed by atoms with van der Waals surface area (Å²) in [5.41, 5.74) is 0.819. The Bertz CT molecular complexity index is 535. The van der Waals surface area contributed by atoms with Gasteiger partial charge in [-0.2, -0.15) is 0 Å². The number of nitrogens with zero attached hydrogens (tertiary/aromatic N) is 1. The van der Waals surface area contributed by atoms with Crippen molar-refractivity contribution in [3.63, 3.8) is 0 Å². The number of hydrogen-bond acceptors (Lipinski definition) is 4. The van der Waals surface area contributed by atoms with Gasteiger partial charge in [0.05, 0.1) is 12.8 Å². The molecule has 2 rings (SSSR count). The van der Waals surface area contributed by atoms with Crippen LogP contribution in [0.25, 0.3) is 0 Å². The largest absolute Gasteiger partial charge is 0.495 e. The molecule has 0 spiro atoms. The quantitative estimate of drug-likeness (QED) is 0.723. The number of halogens is 1. The number of rotatable bonds is 4. The first kappa shape index (κ1) is 15.6. The molecule has 1 saturated heterocycles. The van der Waals surface area contributed by atoms with E-state index in [-0.39, 0.29) is 16.9 Å². The van der Waals surface area contributed by atoms with E-state index < -0.39 is 0 Å². The Labute approximate surface area is 136 Å². The van der Waals surface area contributed by atoms with Crippen molar-refractivity contribution in [1.82, 2.24) is 0 Å². The van der Waals surface area contributed by atoms with E-state index in [2.05, 4.69) is 22.6 Å². The van der Waals surface area contributed by atoms with E-state index in [0.29, 0.717) is 24.5 Å².